The molecule has 2 aromatic heterocycles. The van der Waals surface area contributed by atoms with Crippen LogP contribution in [0.2, 0.25) is 0 Å². The van der Waals surface area contributed by atoms with Crippen LogP contribution in [0.1, 0.15) is 61.9 Å². The molecule has 0 atom stereocenters. The van der Waals surface area contributed by atoms with Crippen molar-refractivity contribution in [1.82, 2.24) is 19.9 Å². The van der Waals surface area contributed by atoms with Crippen molar-refractivity contribution in [1.29, 1.82) is 0 Å². The van der Waals surface area contributed by atoms with Crippen molar-refractivity contribution in [3.8, 4) is 55.9 Å². The van der Waals surface area contributed by atoms with E-state index >= 15 is 0 Å². The van der Waals surface area contributed by atoms with E-state index in [0.717, 1.165) is 77.7 Å². The van der Waals surface area contributed by atoms with Gasteiger partial charge in [-0.2, -0.15) is 0 Å². The lowest BCUT2D eigenvalue weighted by Gasteiger charge is -2.32. The third-order valence-electron chi connectivity index (χ3n) is 18.0. The van der Waals surface area contributed by atoms with Crippen molar-refractivity contribution in [2.45, 2.75) is 80.4 Å². The van der Waals surface area contributed by atoms with Gasteiger partial charge in [0, 0.05) is 27.0 Å². The molecule has 1 aliphatic rings. The normalized spacial score (nSPS) is 13.5. The molecule has 8 heteroatoms. The maximum Gasteiger partial charge on any atom is 0.494 e. The molecule has 0 unspecified atom stereocenters. The first-order chi connectivity index (χ1) is 42.5. The highest BCUT2D eigenvalue weighted by Gasteiger charge is 2.51. The summed E-state index contributed by atoms with van der Waals surface area (Å²) in [6.07, 6.45) is 0. The maximum atomic E-state index is 6.24. The minimum absolute atomic E-state index is 0.353. The summed E-state index contributed by atoms with van der Waals surface area (Å²) in [6.45, 7) is 20.5. The second-order valence-corrected chi connectivity index (χ2v) is 25.2. The van der Waals surface area contributed by atoms with Gasteiger partial charge >= 0.3 is 7.12 Å². The highest BCUT2D eigenvalue weighted by molar-refractivity contribution is 9.10. The van der Waals surface area contributed by atoms with E-state index in [4.69, 9.17) is 19.3 Å². The number of nitrogens with zero attached hydrogens (tertiary/aromatic N) is 4. The van der Waals surface area contributed by atoms with Crippen LogP contribution < -0.4 is 5.46 Å². The van der Waals surface area contributed by atoms with Crippen molar-refractivity contribution in [2.24, 2.45) is 0 Å². The zero-order valence-electron chi connectivity index (χ0n) is 51.5. The van der Waals surface area contributed by atoms with Crippen molar-refractivity contribution >= 4 is 93.1 Å². The quantitative estimate of drug-likeness (QED) is 0.122. The van der Waals surface area contributed by atoms with Crippen LogP contribution in [0.25, 0.3) is 121 Å². The van der Waals surface area contributed by atoms with E-state index in [1.807, 2.05) is 20.8 Å². The Morgan fingerprint density at radius 2 is 0.602 bits per heavy atom. The highest BCUT2D eigenvalue weighted by atomic mass is 79.9. The van der Waals surface area contributed by atoms with Gasteiger partial charge in [0.05, 0.1) is 22.6 Å². The Labute approximate surface area is 524 Å². The van der Waals surface area contributed by atoms with Crippen molar-refractivity contribution in [3.63, 3.8) is 0 Å². The summed E-state index contributed by atoms with van der Waals surface area (Å²) in [5.74, 6) is 1.60. The summed E-state index contributed by atoms with van der Waals surface area (Å²) < 4.78 is 13.6. The van der Waals surface area contributed by atoms with Crippen LogP contribution in [0.5, 0.6) is 0 Å². The van der Waals surface area contributed by atoms with Gasteiger partial charge in [0.2, 0.25) is 0 Å². The molecule has 88 heavy (non-hydrogen) atoms. The lowest BCUT2D eigenvalue weighted by molar-refractivity contribution is 0.00578. The standard InChI is InChI=1S/C37H28N2.C25H29BN2O2.C18H11Br/c1-23-24(2)38-25(3)39-37(23)30-13-9-12-28(21-30)26-10-8-11-27(20-26)29-18-19-35-33-16-5-4-14-31(33)32-15-6-7-17-34(32)36(35)22-29;1-16-17(2)27-18(3)28-23(16)21-12-8-10-19(14-21)20-11-9-13-22(15-20)26-29-24(4,5)25(6,7)30-26;19-12-9-10-17-15-7-2-1-5-13(15)14-6-3-4-8-16(14)18(17)11-12/h4-22H,1-3H3;8-15H,1-7H3;1-11H. The molecule has 1 saturated heterocycles. The lowest BCUT2D eigenvalue weighted by Crippen LogP contribution is -2.41. The summed E-state index contributed by atoms with van der Waals surface area (Å²) in [4.78, 5) is 18.5. The van der Waals surface area contributed by atoms with Crippen LogP contribution in [0.15, 0.2) is 235 Å². The first-order valence-corrected chi connectivity index (χ1v) is 31.0. The molecular formula is C80H68BBrN4O2. The second-order valence-electron chi connectivity index (χ2n) is 24.2. The molecule has 1 aliphatic heterocycles. The van der Waals surface area contributed by atoms with Gasteiger partial charge in [0.25, 0.3) is 0 Å². The first-order valence-electron chi connectivity index (χ1n) is 30.2. The number of aryl methyl sites for hydroxylation is 4. The summed E-state index contributed by atoms with van der Waals surface area (Å²) in [6, 6.07) is 82.6. The van der Waals surface area contributed by atoms with Gasteiger partial charge in [0.15, 0.2) is 0 Å². The van der Waals surface area contributed by atoms with Crippen LogP contribution >= 0.6 is 15.9 Å². The van der Waals surface area contributed by atoms with Crippen LogP contribution in [0.4, 0.5) is 0 Å². The Balaban J connectivity index is 0.000000129. The number of fused-ring (bicyclic) bond motifs is 12. The predicted octanol–water partition coefficient (Wildman–Crippen LogP) is 20.8. The third-order valence-corrected chi connectivity index (χ3v) is 18.5. The topological polar surface area (TPSA) is 70.0 Å². The molecule has 12 aromatic carbocycles. The molecule has 1 fully saturated rings. The molecule has 14 aromatic rings. The molecule has 0 radical (unpaired) electrons. The molecule has 15 rings (SSSR count). The van der Waals surface area contributed by atoms with Crippen molar-refractivity contribution in [2.75, 3.05) is 0 Å². The van der Waals surface area contributed by atoms with Crippen molar-refractivity contribution in [3.05, 3.63) is 269 Å². The van der Waals surface area contributed by atoms with Gasteiger partial charge < -0.3 is 9.31 Å². The molecule has 0 amide bonds. The van der Waals surface area contributed by atoms with Gasteiger partial charge in [0.1, 0.15) is 11.6 Å². The molecule has 0 N–H and O–H groups in total. The summed E-state index contributed by atoms with van der Waals surface area (Å²) in [5, 5.41) is 15.7. The maximum absolute atomic E-state index is 6.24. The predicted molar refractivity (Wildman–Crippen MR) is 375 cm³/mol. The largest absolute Gasteiger partial charge is 0.494 e. The Morgan fingerprint density at radius 3 is 1.01 bits per heavy atom. The monoisotopic (exact) mass is 1210 g/mol. The van der Waals surface area contributed by atoms with E-state index in [1.54, 1.807) is 0 Å². The SMILES string of the molecule is Brc1ccc2c3ccccc3c3ccccc3c2c1.Cc1nc(C)c(C)c(-c2cccc(-c3cccc(-c4ccc5c6ccccc6c6ccccc6c5c4)c3)c2)n1.Cc1nc(C)c(C)c(-c2cccc(-c3cccc(B4OC(C)(C)C(C)(C)O4)c3)c2)n1. The average molecular weight is 1210 g/mol. The van der Waals surface area contributed by atoms with Gasteiger partial charge in [-0.1, -0.05) is 210 Å². The van der Waals surface area contributed by atoms with E-state index in [0.29, 0.717) is 0 Å². The van der Waals surface area contributed by atoms with E-state index in [-0.39, 0.29) is 18.3 Å². The molecule has 0 bridgehead atoms. The van der Waals surface area contributed by atoms with E-state index in [9.17, 15) is 0 Å². The Morgan fingerprint density at radius 1 is 0.295 bits per heavy atom. The second kappa shape index (κ2) is 23.5. The van der Waals surface area contributed by atoms with E-state index in [1.165, 1.54) is 86.9 Å². The Kier molecular flexibility index (Phi) is 15.5. The number of hydrogen-bond donors (Lipinski definition) is 0. The smallest absolute Gasteiger partial charge is 0.399 e. The van der Waals surface area contributed by atoms with Crippen LogP contribution in [0, 0.1) is 41.5 Å². The molecule has 3 heterocycles. The molecule has 430 valence electrons. The van der Waals surface area contributed by atoms with Crippen LogP contribution in [-0.4, -0.2) is 38.3 Å². The van der Waals surface area contributed by atoms with Gasteiger partial charge in [-0.25, -0.2) is 19.9 Å². The van der Waals surface area contributed by atoms with Gasteiger partial charge in [-0.3, -0.25) is 0 Å². The fourth-order valence-electron chi connectivity index (χ4n) is 12.5. The van der Waals surface area contributed by atoms with Gasteiger partial charge in [-0.15, -0.1) is 0 Å². The number of rotatable bonds is 6. The fourth-order valence-corrected chi connectivity index (χ4v) is 12.8. The number of benzene rings is 12. The Bertz CT molecular complexity index is 4970. The van der Waals surface area contributed by atoms with E-state index in [2.05, 4.69) is 305 Å². The molecule has 0 saturated carbocycles. The number of aromatic nitrogens is 4. The molecule has 0 spiro atoms. The summed E-state index contributed by atoms with van der Waals surface area (Å²) in [7, 11) is -0.368. The average Bonchev–Trinajstić information content (AvgIpc) is 1.09. The Hall–Kier alpha value is -9.18. The zero-order chi connectivity index (χ0) is 61.0. The van der Waals surface area contributed by atoms with E-state index < -0.39 is 0 Å². The fraction of sp³-hybridized carbons (Fsp3) is 0.150. The summed E-state index contributed by atoms with van der Waals surface area (Å²) >= 11 is 3.58. The first kappa shape index (κ1) is 57.9. The zero-order valence-corrected chi connectivity index (χ0v) is 53.1. The molecule has 6 nitrogen and oxygen atoms in total. The minimum atomic E-state index is -0.368. The molecule has 0 aliphatic carbocycles. The minimum Gasteiger partial charge on any atom is -0.399 e. The third kappa shape index (κ3) is 11.1. The highest BCUT2D eigenvalue weighted by Crippen LogP contribution is 2.41. The van der Waals surface area contributed by atoms with Crippen molar-refractivity contribution < 1.29 is 9.31 Å². The van der Waals surface area contributed by atoms with Gasteiger partial charge in [-0.05, 0) is 220 Å². The number of hydrogen-bond acceptors (Lipinski definition) is 6. The number of halogens is 1. The van der Waals surface area contributed by atoms with Crippen LogP contribution in [-0.2, 0) is 9.31 Å². The lowest BCUT2D eigenvalue weighted by atomic mass is 9.78. The summed E-state index contributed by atoms with van der Waals surface area (Å²) in [5.41, 5.74) is 15.9. The van der Waals surface area contributed by atoms with Crippen LogP contribution in [0.3, 0.4) is 0 Å². The molecular weight excluding hydrogens is 1140 g/mol.